The van der Waals surface area contributed by atoms with E-state index >= 15 is 0 Å². The third kappa shape index (κ3) is 2.70. The van der Waals surface area contributed by atoms with E-state index in [0.29, 0.717) is 25.2 Å². The van der Waals surface area contributed by atoms with Crippen molar-refractivity contribution in [3.63, 3.8) is 0 Å². The van der Waals surface area contributed by atoms with Gasteiger partial charge >= 0.3 is 0 Å². The highest BCUT2D eigenvalue weighted by Gasteiger charge is 2.44. The molecular formula is C14H20ClN5O2. The van der Waals surface area contributed by atoms with Gasteiger partial charge in [0.1, 0.15) is 17.2 Å². The molecule has 0 spiro atoms. The number of hydrogen-bond donors (Lipinski definition) is 2. The summed E-state index contributed by atoms with van der Waals surface area (Å²) in [6, 6.07) is 0. The van der Waals surface area contributed by atoms with Gasteiger partial charge in [-0.05, 0) is 25.7 Å². The van der Waals surface area contributed by atoms with Crippen molar-refractivity contribution in [2.24, 2.45) is 0 Å². The minimum atomic E-state index is -1.38. The maximum atomic E-state index is 12.6. The lowest BCUT2D eigenvalue weighted by Gasteiger charge is -2.40. The summed E-state index contributed by atoms with van der Waals surface area (Å²) in [6.45, 7) is 2.30. The van der Waals surface area contributed by atoms with Crippen LogP contribution < -0.4 is 10.6 Å². The van der Waals surface area contributed by atoms with Gasteiger partial charge < -0.3 is 20.6 Å². The quantitative estimate of drug-likeness (QED) is 0.829. The molecule has 8 heteroatoms. The Morgan fingerprint density at radius 3 is 2.73 bits per heavy atom. The van der Waals surface area contributed by atoms with Crippen LogP contribution in [-0.4, -0.2) is 57.7 Å². The number of halogens is 1. The zero-order chi connectivity index (χ0) is 15.7. The molecule has 2 fully saturated rings. The average molecular weight is 326 g/mol. The zero-order valence-electron chi connectivity index (χ0n) is 12.3. The summed E-state index contributed by atoms with van der Waals surface area (Å²) in [5, 5.41) is 11.1. The first-order valence-corrected chi connectivity index (χ1v) is 7.92. The van der Waals surface area contributed by atoms with Crippen LogP contribution in [0, 0.1) is 0 Å². The van der Waals surface area contributed by atoms with Crippen LogP contribution in [0.1, 0.15) is 25.7 Å². The average Bonchev–Trinajstić information content (AvgIpc) is 3.03. The summed E-state index contributed by atoms with van der Waals surface area (Å²) in [7, 11) is 0. The number of likely N-dealkylation sites (tertiary alicyclic amines) is 1. The number of β-amino-alcohol motifs (C(OH)–C–C–N with tert-alkyl or cyclic N) is 1. The normalized spacial score (nSPS) is 25.5. The summed E-state index contributed by atoms with van der Waals surface area (Å²) in [4.78, 5) is 24.2. The lowest BCUT2D eigenvalue weighted by Crippen LogP contribution is -2.58. The zero-order valence-corrected chi connectivity index (χ0v) is 13.1. The predicted molar refractivity (Wildman–Crippen MR) is 83.7 cm³/mol. The summed E-state index contributed by atoms with van der Waals surface area (Å²) in [6.07, 6.45) is 4.49. The van der Waals surface area contributed by atoms with Gasteiger partial charge in [-0.15, -0.1) is 0 Å². The number of anilines is 2. The number of hydrogen-bond acceptors (Lipinski definition) is 6. The number of carbonyl (C=O) groups is 1. The van der Waals surface area contributed by atoms with E-state index in [9.17, 15) is 9.90 Å². The molecule has 7 nitrogen and oxygen atoms in total. The fourth-order valence-corrected chi connectivity index (χ4v) is 3.42. The number of piperidine rings is 1. The van der Waals surface area contributed by atoms with Crippen LogP contribution in [0.4, 0.5) is 11.6 Å². The molecule has 2 saturated heterocycles. The molecule has 1 aromatic rings. The maximum Gasteiger partial charge on any atom is 0.256 e. The Labute approximate surface area is 134 Å². The summed E-state index contributed by atoms with van der Waals surface area (Å²) >= 11 is 6.16. The second-order valence-corrected chi connectivity index (χ2v) is 6.33. The van der Waals surface area contributed by atoms with E-state index in [1.165, 1.54) is 6.33 Å². The van der Waals surface area contributed by atoms with Crippen molar-refractivity contribution >= 4 is 29.1 Å². The van der Waals surface area contributed by atoms with Gasteiger partial charge in [-0.25, -0.2) is 9.97 Å². The Hall–Kier alpha value is -1.60. The van der Waals surface area contributed by atoms with Crippen LogP contribution in [-0.2, 0) is 4.79 Å². The number of rotatable bonds is 2. The molecule has 0 bridgehead atoms. The monoisotopic (exact) mass is 325 g/mol. The molecule has 0 aromatic carbocycles. The number of amides is 1. The van der Waals surface area contributed by atoms with Crippen molar-refractivity contribution in [2.75, 3.05) is 36.8 Å². The SMILES string of the molecule is Nc1ncnc(N2CCC[C@@](O)(C(=O)N3CCCC3)C2)c1Cl. The van der Waals surface area contributed by atoms with Gasteiger partial charge in [0.05, 0.1) is 6.54 Å². The second-order valence-electron chi connectivity index (χ2n) is 5.95. The highest BCUT2D eigenvalue weighted by Crippen LogP contribution is 2.32. The Balaban J connectivity index is 1.81. The van der Waals surface area contributed by atoms with Crippen LogP contribution in [0.2, 0.25) is 5.02 Å². The molecular weight excluding hydrogens is 306 g/mol. The Bertz CT molecular complexity index is 578. The first-order valence-electron chi connectivity index (χ1n) is 7.54. The number of aromatic nitrogens is 2. The van der Waals surface area contributed by atoms with Crippen molar-refractivity contribution in [3.05, 3.63) is 11.3 Å². The number of nitrogens with two attached hydrogens (primary N) is 1. The van der Waals surface area contributed by atoms with Crippen LogP contribution in [0.15, 0.2) is 6.33 Å². The molecule has 3 N–H and O–H groups in total. The molecule has 2 aliphatic rings. The molecule has 22 heavy (non-hydrogen) atoms. The highest BCUT2D eigenvalue weighted by molar-refractivity contribution is 6.35. The molecule has 0 unspecified atom stereocenters. The van der Waals surface area contributed by atoms with E-state index in [1.807, 2.05) is 4.90 Å². The Morgan fingerprint density at radius 1 is 1.27 bits per heavy atom. The largest absolute Gasteiger partial charge is 0.382 e. The first-order chi connectivity index (χ1) is 10.5. The van der Waals surface area contributed by atoms with Gasteiger partial charge in [-0.1, -0.05) is 11.6 Å². The Kier molecular flexibility index (Phi) is 4.10. The lowest BCUT2D eigenvalue weighted by atomic mass is 9.91. The molecule has 1 aromatic heterocycles. The molecule has 120 valence electrons. The topological polar surface area (TPSA) is 95.6 Å². The van der Waals surface area contributed by atoms with Gasteiger partial charge in [-0.2, -0.15) is 0 Å². The minimum Gasteiger partial charge on any atom is -0.382 e. The minimum absolute atomic E-state index is 0.179. The summed E-state index contributed by atoms with van der Waals surface area (Å²) in [5.74, 6) is 0.487. The van der Waals surface area contributed by atoms with Gasteiger partial charge in [0, 0.05) is 19.6 Å². The third-order valence-corrected chi connectivity index (χ3v) is 4.72. The van der Waals surface area contributed by atoms with E-state index in [1.54, 1.807) is 4.90 Å². The van der Waals surface area contributed by atoms with Gasteiger partial charge in [0.15, 0.2) is 11.4 Å². The van der Waals surface area contributed by atoms with Crippen molar-refractivity contribution in [2.45, 2.75) is 31.3 Å². The van der Waals surface area contributed by atoms with Gasteiger partial charge in [0.2, 0.25) is 0 Å². The standard InChI is InChI=1S/C14H20ClN5O2/c15-10-11(16)17-9-18-12(10)20-7-3-4-14(22,8-20)13(21)19-5-1-2-6-19/h9,22H,1-8H2,(H2,16,17,18)/t14-/m0/s1. The molecule has 0 saturated carbocycles. The first kappa shape index (κ1) is 15.3. The van der Waals surface area contributed by atoms with Crippen LogP contribution >= 0.6 is 11.6 Å². The lowest BCUT2D eigenvalue weighted by molar-refractivity contribution is -0.151. The van der Waals surface area contributed by atoms with Crippen LogP contribution in [0.5, 0.6) is 0 Å². The molecule has 2 aliphatic heterocycles. The molecule has 0 radical (unpaired) electrons. The van der Waals surface area contributed by atoms with E-state index in [4.69, 9.17) is 17.3 Å². The van der Waals surface area contributed by atoms with E-state index in [-0.39, 0.29) is 23.3 Å². The molecule has 0 aliphatic carbocycles. The molecule has 3 rings (SSSR count). The van der Waals surface area contributed by atoms with E-state index in [2.05, 4.69) is 9.97 Å². The third-order valence-electron chi connectivity index (χ3n) is 4.36. The number of aliphatic hydroxyl groups is 1. The van der Waals surface area contributed by atoms with Crippen molar-refractivity contribution in [1.82, 2.24) is 14.9 Å². The summed E-state index contributed by atoms with van der Waals surface area (Å²) in [5.41, 5.74) is 4.32. The number of nitrogens with zero attached hydrogens (tertiary/aromatic N) is 4. The van der Waals surface area contributed by atoms with Crippen LogP contribution in [0.3, 0.4) is 0 Å². The predicted octanol–water partition coefficient (Wildman–Crippen LogP) is 0.666. The smallest absolute Gasteiger partial charge is 0.256 e. The van der Waals surface area contributed by atoms with Crippen molar-refractivity contribution < 1.29 is 9.90 Å². The Morgan fingerprint density at radius 2 is 2.00 bits per heavy atom. The van der Waals surface area contributed by atoms with Crippen LogP contribution in [0.25, 0.3) is 0 Å². The number of nitrogen functional groups attached to an aromatic ring is 1. The fraction of sp³-hybridized carbons (Fsp3) is 0.643. The fourth-order valence-electron chi connectivity index (χ4n) is 3.20. The molecule has 1 amide bonds. The van der Waals surface area contributed by atoms with E-state index in [0.717, 1.165) is 25.9 Å². The molecule has 1 atom stereocenters. The summed E-state index contributed by atoms with van der Waals surface area (Å²) < 4.78 is 0. The maximum absolute atomic E-state index is 12.6. The van der Waals surface area contributed by atoms with Crippen molar-refractivity contribution in [1.29, 1.82) is 0 Å². The van der Waals surface area contributed by atoms with Gasteiger partial charge in [0.25, 0.3) is 5.91 Å². The number of carbonyl (C=O) groups excluding carboxylic acids is 1. The van der Waals surface area contributed by atoms with Crippen molar-refractivity contribution in [3.8, 4) is 0 Å². The van der Waals surface area contributed by atoms with E-state index < -0.39 is 5.60 Å². The second kappa shape index (κ2) is 5.89. The van der Waals surface area contributed by atoms with Gasteiger partial charge in [-0.3, -0.25) is 4.79 Å². The highest BCUT2D eigenvalue weighted by atomic mass is 35.5. The molecule has 3 heterocycles.